The maximum Gasteiger partial charge on any atom is 0.345 e. The van der Waals surface area contributed by atoms with Gasteiger partial charge in [0.05, 0.1) is 6.54 Å². The number of amides is 1. The molecule has 0 atom stereocenters. The number of aromatic carboxylic acids is 1. The molecular weight excluding hydrogens is 306 g/mol. The summed E-state index contributed by atoms with van der Waals surface area (Å²) in [6.07, 6.45) is 0.632. The van der Waals surface area contributed by atoms with Crippen molar-refractivity contribution in [2.24, 2.45) is 0 Å². The molecule has 0 unspecified atom stereocenters. The van der Waals surface area contributed by atoms with Crippen LogP contribution < -0.4 is 5.32 Å². The molecule has 0 aliphatic heterocycles. The van der Waals surface area contributed by atoms with E-state index in [9.17, 15) is 9.59 Å². The van der Waals surface area contributed by atoms with Crippen molar-refractivity contribution in [2.75, 3.05) is 0 Å². The van der Waals surface area contributed by atoms with E-state index >= 15 is 0 Å². The van der Waals surface area contributed by atoms with Crippen molar-refractivity contribution in [1.29, 1.82) is 0 Å². The second kappa shape index (κ2) is 7.17. The van der Waals surface area contributed by atoms with Crippen LogP contribution in [0.2, 0.25) is 0 Å². The Morgan fingerprint density at radius 2 is 2.18 bits per heavy atom. The van der Waals surface area contributed by atoms with Crippen molar-refractivity contribution in [3.05, 3.63) is 33.6 Å². The van der Waals surface area contributed by atoms with Gasteiger partial charge >= 0.3 is 5.97 Å². The van der Waals surface area contributed by atoms with Gasteiger partial charge in [-0.15, -0.1) is 11.3 Å². The molecule has 0 spiro atoms. The summed E-state index contributed by atoms with van der Waals surface area (Å²) in [5.41, 5.74) is 0. The smallest absolute Gasteiger partial charge is 0.345 e. The zero-order valence-corrected chi connectivity index (χ0v) is 13.1. The molecule has 2 rings (SSSR count). The van der Waals surface area contributed by atoms with Gasteiger partial charge in [-0.1, -0.05) is 19.0 Å². The van der Waals surface area contributed by atoms with Crippen molar-refractivity contribution in [3.63, 3.8) is 0 Å². The Labute approximate surface area is 131 Å². The number of thiophene rings is 1. The number of aryl methyl sites for hydroxylation is 1. The molecule has 0 fully saturated rings. The first kappa shape index (κ1) is 16.2. The molecule has 2 N–H and O–H groups in total. The van der Waals surface area contributed by atoms with Crippen LogP contribution in [0.4, 0.5) is 0 Å². The van der Waals surface area contributed by atoms with Gasteiger partial charge < -0.3 is 14.9 Å². The molecule has 0 radical (unpaired) electrons. The highest BCUT2D eigenvalue weighted by atomic mass is 32.1. The fourth-order valence-corrected chi connectivity index (χ4v) is 2.47. The summed E-state index contributed by atoms with van der Waals surface area (Å²) < 4.78 is 5.06. The van der Waals surface area contributed by atoms with Crippen molar-refractivity contribution in [3.8, 4) is 0 Å². The lowest BCUT2D eigenvalue weighted by atomic mass is 10.2. The molecule has 0 aliphatic carbocycles. The van der Waals surface area contributed by atoms with E-state index in [-0.39, 0.29) is 23.1 Å². The maximum atomic E-state index is 11.8. The highest BCUT2D eigenvalue weighted by Gasteiger charge is 2.12. The van der Waals surface area contributed by atoms with Crippen LogP contribution in [0, 0.1) is 0 Å². The van der Waals surface area contributed by atoms with Gasteiger partial charge in [-0.3, -0.25) is 4.79 Å². The van der Waals surface area contributed by atoms with Crippen LogP contribution >= 0.6 is 11.3 Å². The number of hydrogen-bond acceptors (Lipinski definition) is 6. The molecule has 0 aromatic carbocycles. The molecule has 0 saturated heterocycles. The lowest BCUT2D eigenvalue weighted by Gasteiger charge is -2.01. The molecule has 8 heteroatoms. The normalized spacial score (nSPS) is 10.9. The Hall–Kier alpha value is -2.22. The molecule has 22 heavy (non-hydrogen) atoms. The Morgan fingerprint density at radius 1 is 1.41 bits per heavy atom. The molecule has 2 heterocycles. The molecule has 118 valence electrons. The molecule has 2 aromatic heterocycles. The van der Waals surface area contributed by atoms with Gasteiger partial charge in [0.15, 0.2) is 5.82 Å². The predicted molar refractivity (Wildman–Crippen MR) is 79.8 cm³/mol. The average Bonchev–Trinajstić information content (AvgIpc) is 3.12. The van der Waals surface area contributed by atoms with Gasteiger partial charge in [-0.25, -0.2) is 4.79 Å². The first-order valence-corrected chi connectivity index (χ1v) is 7.68. The van der Waals surface area contributed by atoms with Gasteiger partial charge in [0, 0.05) is 23.6 Å². The van der Waals surface area contributed by atoms with E-state index in [0.29, 0.717) is 24.7 Å². The number of nitrogens with zero attached hydrogens (tertiary/aromatic N) is 2. The number of carbonyl (C=O) groups excluding carboxylic acids is 1. The molecule has 0 bridgehead atoms. The standard InChI is InChI=1S/C14H17N3O4S/c1-8(2)13-16-12(21-17-13)6-5-11(18)15-7-9-3-4-10(22-9)14(19)20/h3-4,8H,5-7H2,1-2H3,(H,15,18)(H,19,20). The van der Waals surface area contributed by atoms with Crippen LogP contribution in [0.25, 0.3) is 0 Å². The summed E-state index contributed by atoms with van der Waals surface area (Å²) >= 11 is 1.15. The molecule has 1 amide bonds. The molecule has 7 nitrogen and oxygen atoms in total. The minimum Gasteiger partial charge on any atom is -0.477 e. The van der Waals surface area contributed by atoms with Crippen LogP contribution in [0.5, 0.6) is 0 Å². The van der Waals surface area contributed by atoms with Gasteiger partial charge in [0.2, 0.25) is 11.8 Å². The number of carbonyl (C=O) groups is 2. The van der Waals surface area contributed by atoms with Crippen LogP contribution in [0.1, 0.15) is 52.5 Å². The zero-order chi connectivity index (χ0) is 16.1. The predicted octanol–water partition coefficient (Wildman–Crippen LogP) is 2.20. The summed E-state index contributed by atoms with van der Waals surface area (Å²) in [6, 6.07) is 3.22. The Kier molecular flexibility index (Phi) is 5.26. The molecule has 2 aromatic rings. The second-order valence-corrected chi connectivity index (χ2v) is 6.22. The maximum absolute atomic E-state index is 11.8. The highest BCUT2D eigenvalue weighted by molar-refractivity contribution is 7.13. The quantitative estimate of drug-likeness (QED) is 0.809. The van der Waals surface area contributed by atoms with E-state index in [1.165, 1.54) is 6.07 Å². The largest absolute Gasteiger partial charge is 0.477 e. The van der Waals surface area contributed by atoms with E-state index in [2.05, 4.69) is 15.5 Å². The highest BCUT2D eigenvalue weighted by Crippen LogP contribution is 2.16. The Morgan fingerprint density at radius 3 is 2.77 bits per heavy atom. The number of carboxylic acid groups (broad SMARTS) is 1. The first-order chi connectivity index (χ1) is 10.5. The monoisotopic (exact) mass is 323 g/mol. The summed E-state index contributed by atoms with van der Waals surface area (Å²) in [5.74, 6) is 0.168. The number of hydrogen-bond donors (Lipinski definition) is 2. The van der Waals surface area contributed by atoms with Crippen LogP contribution in [-0.4, -0.2) is 27.1 Å². The SMILES string of the molecule is CC(C)c1noc(CCC(=O)NCc2ccc(C(=O)O)s2)n1. The number of nitrogens with one attached hydrogen (secondary N) is 1. The van der Waals surface area contributed by atoms with E-state index in [1.807, 2.05) is 13.8 Å². The minimum atomic E-state index is -0.958. The zero-order valence-electron chi connectivity index (χ0n) is 12.3. The third-order valence-electron chi connectivity index (χ3n) is 2.90. The Balaban J connectivity index is 1.76. The third-order valence-corrected chi connectivity index (χ3v) is 3.97. The van der Waals surface area contributed by atoms with Crippen LogP contribution in [-0.2, 0) is 17.8 Å². The number of aromatic nitrogens is 2. The molecular formula is C14H17N3O4S. The fraction of sp³-hybridized carbons (Fsp3) is 0.429. The van der Waals surface area contributed by atoms with Gasteiger partial charge in [-0.05, 0) is 12.1 Å². The lowest BCUT2D eigenvalue weighted by Crippen LogP contribution is -2.22. The lowest BCUT2D eigenvalue weighted by molar-refractivity contribution is -0.121. The van der Waals surface area contributed by atoms with Crippen molar-refractivity contribution >= 4 is 23.2 Å². The molecule has 0 saturated carbocycles. The number of rotatable bonds is 7. The van der Waals surface area contributed by atoms with Crippen molar-refractivity contribution < 1.29 is 19.2 Å². The van der Waals surface area contributed by atoms with E-state index < -0.39 is 5.97 Å². The third kappa shape index (κ3) is 4.39. The van der Waals surface area contributed by atoms with Gasteiger partial charge in [0.1, 0.15) is 4.88 Å². The summed E-state index contributed by atoms with van der Waals surface area (Å²) in [5, 5.41) is 15.4. The average molecular weight is 323 g/mol. The second-order valence-electron chi connectivity index (χ2n) is 5.05. The fourth-order valence-electron chi connectivity index (χ4n) is 1.69. The topological polar surface area (TPSA) is 105 Å². The first-order valence-electron chi connectivity index (χ1n) is 6.87. The van der Waals surface area contributed by atoms with Gasteiger partial charge in [0.25, 0.3) is 0 Å². The van der Waals surface area contributed by atoms with E-state index in [4.69, 9.17) is 9.63 Å². The summed E-state index contributed by atoms with van der Waals surface area (Å²) in [7, 11) is 0. The minimum absolute atomic E-state index is 0.144. The van der Waals surface area contributed by atoms with E-state index in [0.717, 1.165) is 16.2 Å². The van der Waals surface area contributed by atoms with Crippen molar-refractivity contribution in [2.45, 2.75) is 39.2 Å². The summed E-state index contributed by atoms with van der Waals surface area (Å²) in [6.45, 7) is 4.25. The number of carboxylic acids is 1. The van der Waals surface area contributed by atoms with Crippen molar-refractivity contribution in [1.82, 2.24) is 15.5 Å². The van der Waals surface area contributed by atoms with Crippen LogP contribution in [0.15, 0.2) is 16.7 Å². The Bertz CT molecular complexity index is 663. The van der Waals surface area contributed by atoms with Gasteiger partial charge in [-0.2, -0.15) is 4.98 Å². The summed E-state index contributed by atoms with van der Waals surface area (Å²) in [4.78, 5) is 27.8. The molecule has 0 aliphatic rings. The van der Waals surface area contributed by atoms with E-state index in [1.54, 1.807) is 6.07 Å². The van der Waals surface area contributed by atoms with Crippen LogP contribution in [0.3, 0.4) is 0 Å².